The van der Waals surface area contributed by atoms with Crippen LogP contribution < -0.4 is 6.15 Å². The Morgan fingerprint density at radius 1 is 0.650 bits per heavy atom. The molecular weight excluding hydrogens is 270 g/mol. The summed E-state index contributed by atoms with van der Waals surface area (Å²) in [6.07, 6.45) is 0.995. The molecule has 0 heterocycles. The molecule has 0 saturated carbocycles. The lowest BCUT2D eigenvalue weighted by Gasteiger charge is -2.43. The lowest BCUT2D eigenvalue weighted by Crippen LogP contribution is -2.57. The molecule has 0 atom stereocenters. The second kappa shape index (κ2) is 7.36. The molecule has 0 bridgehead atoms. The van der Waals surface area contributed by atoms with Crippen molar-refractivity contribution in [1.82, 2.24) is 6.15 Å². The molecule has 0 aliphatic heterocycles. The van der Waals surface area contributed by atoms with Gasteiger partial charge in [-0.15, -0.1) is 0 Å². The largest absolute Gasteiger partial charge is 0.502 e. The van der Waals surface area contributed by atoms with Gasteiger partial charge in [0.05, 0.1) is 16.8 Å². The Balaban J connectivity index is 0. The maximum Gasteiger partial charge on any atom is 0.502 e. The van der Waals surface area contributed by atoms with Crippen LogP contribution in [0.25, 0.3) is 0 Å². The third kappa shape index (κ3) is 10.8. The van der Waals surface area contributed by atoms with Gasteiger partial charge in [-0.3, -0.25) is 0 Å². The Morgan fingerprint density at radius 3 is 1.05 bits per heavy atom. The minimum Gasteiger partial charge on any atom is -0.368 e. The highest BCUT2D eigenvalue weighted by Crippen LogP contribution is 2.32. The third-order valence-corrected chi connectivity index (χ3v) is 5.82. The van der Waals surface area contributed by atoms with E-state index in [1.807, 2.05) is 0 Å². The van der Waals surface area contributed by atoms with Crippen molar-refractivity contribution in [2.45, 2.75) is 98.5 Å². The summed E-state index contributed by atoms with van der Waals surface area (Å²) in [4.78, 5) is 0. The Morgan fingerprint density at radius 2 is 0.900 bits per heavy atom. The van der Waals surface area contributed by atoms with Gasteiger partial charge in [0, 0.05) is 6.04 Å². The monoisotopic (exact) mass is 307 g/mol. The summed E-state index contributed by atoms with van der Waals surface area (Å²) in [6.45, 7) is 20.7. The van der Waals surface area contributed by atoms with Crippen molar-refractivity contribution in [2.24, 2.45) is 0 Å². The molecule has 0 radical (unpaired) electrons. The summed E-state index contributed by atoms with van der Waals surface area (Å²) in [5.74, 6) is 0. The molecule has 20 heavy (non-hydrogen) atoms. The molecule has 0 fully saturated rings. The van der Waals surface area contributed by atoms with Crippen LogP contribution in [-0.4, -0.2) is 25.6 Å². The van der Waals surface area contributed by atoms with Gasteiger partial charge in [0.25, 0.3) is 0 Å². The van der Waals surface area contributed by atoms with Crippen molar-refractivity contribution < 1.29 is 13.3 Å². The Kier molecular flexibility index (Phi) is 8.22. The van der Waals surface area contributed by atoms with E-state index in [-0.39, 0.29) is 23.0 Å². The molecule has 0 rings (SSSR count). The summed E-state index contributed by atoms with van der Waals surface area (Å²) in [7, 11) is -2.70. The molecule has 0 aromatic heterocycles. The van der Waals surface area contributed by atoms with Crippen LogP contribution >= 0.6 is 0 Å². The zero-order valence-electron chi connectivity index (χ0n) is 15.3. The van der Waals surface area contributed by atoms with Crippen LogP contribution in [0.2, 0.25) is 6.04 Å². The smallest absolute Gasteiger partial charge is 0.368 e. The molecule has 3 N–H and O–H groups in total. The van der Waals surface area contributed by atoms with E-state index < -0.39 is 8.80 Å². The Bertz CT molecular complexity index is 234. The van der Waals surface area contributed by atoms with Crippen LogP contribution in [0.15, 0.2) is 0 Å². The second-order valence-electron chi connectivity index (χ2n) is 8.08. The molecule has 5 heteroatoms. The van der Waals surface area contributed by atoms with Gasteiger partial charge in [-0.2, -0.15) is 0 Å². The molecule has 0 aromatic rings. The average Bonchev–Trinajstić information content (AvgIpc) is 1.90. The molecule has 0 saturated heterocycles. The van der Waals surface area contributed by atoms with Crippen LogP contribution in [0.4, 0.5) is 0 Å². The van der Waals surface area contributed by atoms with E-state index in [1.165, 1.54) is 0 Å². The maximum atomic E-state index is 6.31. The predicted molar refractivity (Wildman–Crippen MR) is 88.4 cm³/mol. The molecule has 0 spiro atoms. The van der Waals surface area contributed by atoms with Crippen LogP contribution in [-0.2, 0) is 13.3 Å². The fraction of sp³-hybridized carbons (Fsp3) is 1.00. The van der Waals surface area contributed by atoms with Gasteiger partial charge >= 0.3 is 8.80 Å². The minimum atomic E-state index is -2.70. The average molecular weight is 308 g/mol. The lowest BCUT2D eigenvalue weighted by atomic mass is 10.2. The standard InChI is InChI=1S/C15H34O3Si.H3N/c1-11-12-19(16-13(2,3)4,17-14(5,6)7)18-15(8,9)10;/h11-12H2,1-10H3;1H3. The highest BCUT2D eigenvalue weighted by Gasteiger charge is 2.49. The molecule has 0 amide bonds. The first-order valence-electron chi connectivity index (χ1n) is 7.29. The Labute approximate surface area is 127 Å². The Hall–Kier alpha value is 0.0569. The first-order chi connectivity index (χ1) is 8.18. The topological polar surface area (TPSA) is 62.7 Å². The summed E-state index contributed by atoms with van der Waals surface area (Å²) < 4.78 is 18.9. The van der Waals surface area contributed by atoms with Gasteiger partial charge in [0.15, 0.2) is 0 Å². The van der Waals surface area contributed by atoms with Crippen molar-refractivity contribution in [2.75, 3.05) is 0 Å². The van der Waals surface area contributed by atoms with E-state index in [1.54, 1.807) is 0 Å². The summed E-state index contributed by atoms with van der Waals surface area (Å²) in [5.41, 5.74) is -0.798. The van der Waals surface area contributed by atoms with Crippen molar-refractivity contribution in [3.05, 3.63) is 0 Å². The van der Waals surface area contributed by atoms with Crippen molar-refractivity contribution in [3.63, 3.8) is 0 Å². The van der Waals surface area contributed by atoms with Crippen molar-refractivity contribution in [3.8, 4) is 0 Å². The zero-order chi connectivity index (χ0) is 15.5. The molecule has 4 nitrogen and oxygen atoms in total. The molecule has 0 unspecified atom stereocenters. The second-order valence-corrected chi connectivity index (χ2v) is 10.6. The van der Waals surface area contributed by atoms with Gasteiger partial charge in [0.2, 0.25) is 0 Å². The van der Waals surface area contributed by atoms with Crippen molar-refractivity contribution in [1.29, 1.82) is 0 Å². The lowest BCUT2D eigenvalue weighted by molar-refractivity contribution is -0.0752. The third-order valence-electron chi connectivity index (χ3n) is 1.94. The first-order valence-corrected chi connectivity index (χ1v) is 9.22. The highest BCUT2D eigenvalue weighted by molar-refractivity contribution is 6.61. The quantitative estimate of drug-likeness (QED) is 0.730. The highest BCUT2D eigenvalue weighted by atomic mass is 28.4. The van der Waals surface area contributed by atoms with Crippen LogP contribution in [0, 0.1) is 0 Å². The van der Waals surface area contributed by atoms with Gasteiger partial charge in [-0.05, 0) is 62.3 Å². The van der Waals surface area contributed by atoms with Gasteiger partial charge in [-0.25, -0.2) is 0 Å². The SMILES string of the molecule is CCC[Si](OC(C)(C)C)(OC(C)(C)C)OC(C)(C)C.N. The van der Waals surface area contributed by atoms with Crippen molar-refractivity contribution >= 4 is 8.80 Å². The molecular formula is C15H37NO3Si. The maximum absolute atomic E-state index is 6.31. The van der Waals surface area contributed by atoms with E-state index in [2.05, 4.69) is 69.2 Å². The van der Waals surface area contributed by atoms with Gasteiger partial charge < -0.3 is 19.4 Å². The summed E-state index contributed by atoms with van der Waals surface area (Å²) in [6, 6.07) is 0.846. The fourth-order valence-electron chi connectivity index (χ4n) is 1.92. The van der Waals surface area contributed by atoms with Crippen LogP contribution in [0.1, 0.15) is 75.7 Å². The fourth-order valence-corrected chi connectivity index (χ4v) is 5.76. The summed E-state index contributed by atoms with van der Waals surface area (Å²) in [5, 5.41) is 0. The first kappa shape index (κ1) is 22.3. The summed E-state index contributed by atoms with van der Waals surface area (Å²) >= 11 is 0. The molecule has 0 aliphatic carbocycles. The van der Waals surface area contributed by atoms with Gasteiger partial charge in [0.1, 0.15) is 0 Å². The van der Waals surface area contributed by atoms with E-state index in [0.29, 0.717) is 0 Å². The zero-order valence-corrected chi connectivity index (χ0v) is 16.3. The van der Waals surface area contributed by atoms with E-state index in [4.69, 9.17) is 13.3 Å². The number of rotatable bonds is 5. The van der Waals surface area contributed by atoms with E-state index in [9.17, 15) is 0 Å². The van der Waals surface area contributed by atoms with Crippen LogP contribution in [0.3, 0.4) is 0 Å². The molecule has 124 valence electrons. The van der Waals surface area contributed by atoms with Crippen LogP contribution in [0.5, 0.6) is 0 Å². The molecule has 0 aromatic carbocycles. The normalized spacial score (nSPS) is 14.1. The van der Waals surface area contributed by atoms with Gasteiger partial charge in [-0.1, -0.05) is 13.3 Å². The number of hydrogen-bond donors (Lipinski definition) is 1. The van der Waals surface area contributed by atoms with E-state index >= 15 is 0 Å². The van der Waals surface area contributed by atoms with E-state index in [0.717, 1.165) is 12.5 Å². The predicted octanol–water partition coefficient (Wildman–Crippen LogP) is 4.94. The minimum absolute atomic E-state index is 0. The molecule has 0 aliphatic rings. The number of hydrogen-bond acceptors (Lipinski definition) is 4.